The molecule has 6 heteroatoms. The first-order valence-corrected chi connectivity index (χ1v) is 11.2. The summed E-state index contributed by atoms with van der Waals surface area (Å²) in [5.41, 5.74) is 3.10. The molecule has 0 aliphatic carbocycles. The van der Waals surface area contributed by atoms with Crippen molar-refractivity contribution in [2.75, 3.05) is 26.2 Å². The van der Waals surface area contributed by atoms with Crippen LogP contribution < -0.4 is 10.1 Å². The second kappa shape index (κ2) is 10.9. The summed E-state index contributed by atoms with van der Waals surface area (Å²) in [7, 11) is 0. The second-order valence-electron chi connectivity index (χ2n) is 8.24. The Morgan fingerprint density at radius 1 is 1.03 bits per heavy atom. The summed E-state index contributed by atoms with van der Waals surface area (Å²) >= 11 is 0. The summed E-state index contributed by atoms with van der Waals surface area (Å²) in [6.45, 7) is 5.28. The van der Waals surface area contributed by atoms with Crippen molar-refractivity contribution >= 4 is 5.91 Å². The first kappa shape index (κ1) is 22.0. The number of rotatable bonds is 8. The van der Waals surface area contributed by atoms with Crippen LogP contribution in [0.5, 0.6) is 5.88 Å². The third-order valence-electron chi connectivity index (χ3n) is 5.93. The topological polar surface area (TPSA) is 67.4 Å². The number of likely N-dealkylation sites (tertiary alicyclic amines) is 1. The molecule has 0 saturated carbocycles. The van der Waals surface area contributed by atoms with E-state index in [2.05, 4.69) is 51.4 Å². The van der Waals surface area contributed by atoms with E-state index in [1.54, 1.807) is 12.4 Å². The molecule has 1 aliphatic heterocycles. The molecular formula is C26H30N4O2. The summed E-state index contributed by atoms with van der Waals surface area (Å²) in [6.07, 6.45) is 5.19. The molecule has 0 radical (unpaired) electrons. The van der Waals surface area contributed by atoms with E-state index in [1.165, 1.54) is 5.56 Å². The van der Waals surface area contributed by atoms with Gasteiger partial charge in [0, 0.05) is 30.9 Å². The second-order valence-corrected chi connectivity index (χ2v) is 8.24. The van der Waals surface area contributed by atoms with Crippen molar-refractivity contribution in [3.63, 3.8) is 0 Å². The molecule has 3 aromatic rings. The number of hydrogen-bond acceptors (Lipinski definition) is 5. The number of aryl methyl sites for hydroxylation is 1. The first-order valence-electron chi connectivity index (χ1n) is 11.2. The third-order valence-corrected chi connectivity index (χ3v) is 5.93. The van der Waals surface area contributed by atoms with E-state index in [1.807, 2.05) is 36.4 Å². The molecule has 0 spiro atoms. The van der Waals surface area contributed by atoms with Crippen molar-refractivity contribution in [3.05, 3.63) is 89.9 Å². The van der Waals surface area contributed by atoms with Gasteiger partial charge in [-0.2, -0.15) is 0 Å². The van der Waals surface area contributed by atoms with Crippen molar-refractivity contribution in [1.29, 1.82) is 0 Å². The van der Waals surface area contributed by atoms with Gasteiger partial charge in [-0.15, -0.1) is 0 Å². The number of piperidine rings is 1. The van der Waals surface area contributed by atoms with E-state index < -0.39 is 0 Å². The normalized spacial score (nSPS) is 15.8. The number of carbonyl (C=O) groups excluding carboxylic acids is 1. The molecule has 2 aromatic heterocycles. The summed E-state index contributed by atoms with van der Waals surface area (Å²) in [5.74, 6) is 0.767. The first-order chi connectivity index (χ1) is 15.7. The Kier molecular flexibility index (Phi) is 7.46. The van der Waals surface area contributed by atoms with Crippen LogP contribution in [-0.4, -0.2) is 47.0 Å². The fourth-order valence-corrected chi connectivity index (χ4v) is 4.02. The van der Waals surface area contributed by atoms with Gasteiger partial charge in [-0.05, 0) is 56.6 Å². The molecule has 1 aliphatic rings. The molecule has 1 aromatic carbocycles. The van der Waals surface area contributed by atoms with Crippen LogP contribution in [0.2, 0.25) is 0 Å². The molecule has 3 heterocycles. The lowest BCUT2D eigenvalue weighted by molar-refractivity contribution is -0.127. The molecular weight excluding hydrogens is 400 g/mol. The minimum atomic E-state index is -0.242. The van der Waals surface area contributed by atoms with Gasteiger partial charge in [-0.3, -0.25) is 14.7 Å². The van der Waals surface area contributed by atoms with E-state index in [0.29, 0.717) is 12.5 Å². The third kappa shape index (κ3) is 5.92. The largest absolute Gasteiger partial charge is 0.476 e. The maximum Gasteiger partial charge on any atom is 0.224 e. The van der Waals surface area contributed by atoms with Gasteiger partial charge in [-0.1, -0.05) is 42.0 Å². The Bertz CT molecular complexity index is 972. The van der Waals surface area contributed by atoms with Gasteiger partial charge >= 0.3 is 0 Å². The number of benzene rings is 1. The Morgan fingerprint density at radius 2 is 1.75 bits per heavy atom. The Morgan fingerprint density at radius 3 is 2.41 bits per heavy atom. The standard InChI is InChI=1S/C26H30N4O2/c1-20-8-10-21(11-9-20)25(23-6-2-4-14-27-23)29-26(31)22-12-16-30(17-13-22)18-19-32-24-7-3-5-15-28-24/h2-11,14-15,22,25H,12-13,16-19H2,1H3,(H,29,31)/t25-/m1/s1. The number of carbonyl (C=O) groups is 1. The molecule has 32 heavy (non-hydrogen) atoms. The molecule has 1 atom stereocenters. The lowest BCUT2D eigenvalue weighted by atomic mass is 9.94. The van der Waals surface area contributed by atoms with Crippen LogP contribution in [0.15, 0.2) is 73.1 Å². The van der Waals surface area contributed by atoms with Gasteiger partial charge in [0.1, 0.15) is 6.61 Å². The van der Waals surface area contributed by atoms with Crippen LogP contribution in [0.25, 0.3) is 0 Å². The number of nitrogens with one attached hydrogen (secondary N) is 1. The smallest absolute Gasteiger partial charge is 0.224 e. The maximum atomic E-state index is 13.1. The summed E-state index contributed by atoms with van der Waals surface area (Å²) in [5, 5.41) is 3.27. The number of nitrogens with zero attached hydrogens (tertiary/aromatic N) is 3. The summed E-state index contributed by atoms with van der Waals surface area (Å²) < 4.78 is 5.70. The minimum Gasteiger partial charge on any atom is -0.476 e. The molecule has 4 rings (SSSR count). The molecule has 166 valence electrons. The van der Waals surface area contributed by atoms with E-state index in [0.717, 1.165) is 43.7 Å². The SMILES string of the molecule is Cc1ccc([C@@H](NC(=O)C2CCN(CCOc3ccccn3)CC2)c2ccccn2)cc1. The molecule has 0 bridgehead atoms. The van der Waals surface area contributed by atoms with Crippen molar-refractivity contribution in [3.8, 4) is 5.88 Å². The van der Waals surface area contributed by atoms with Crippen LogP contribution in [0.1, 0.15) is 35.7 Å². The van der Waals surface area contributed by atoms with E-state index >= 15 is 0 Å². The highest BCUT2D eigenvalue weighted by Gasteiger charge is 2.27. The number of hydrogen-bond donors (Lipinski definition) is 1. The van der Waals surface area contributed by atoms with Gasteiger partial charge < -0.3 is 10.1 Å². The van der Waals surface area contributed by atoms with Gasteiger partial charge in [0.15, 0.2) is 0 Å². The molecule has 6 nitrogen and oxygen atoms in total. The average molecular weight is 431 g/mol. The Balaban J connectivity index is 1.31. The van der Waals surface area contributed by atoms with Crippen molar-refractivity contribution in [2.24, 2.45) is 5.92 Å². The van der Waals surface area contributed by atoms with Gasteiger partial charge in [-0.25, -0.2) is 4.98 Å². The average Bonchev–Trinajstić information content (AvgIpc) is 2.85. The van der Waals surface area contributed by atoms with Crippen LogP contribution in [0.3, 0.4) is 0 Å². The maximum absolute atomic E-state index is 13.1. The number of amides is 1. The fraction of sp³-hybridized carbons (Fsp3) is 0.346. The van der Waals surface area contributed by atoms with Gasteiger partial charge in [0.25, 0.3) is 0 Å². The Labute approximate surface area is 189 Å². The lowest BCUT2D eigenvalue weighted by Crippen LogP contribution is -2.43. The number of pyridine rings is 2. The van der Waals surface area contributed by atoms with E-state index in [4.69, 9.17) is 4.74 Å². The Hall–Kier alpha value is -3.25. The predicted octanol–water partition coefficient (Wildman–Crippen LogP) is 3.78. The molecule has 1 N–H and O–H groups in total. The van der Waals surface area contributed by atoms with Crippen LogP contribution in [-0.2, 0) is 4.79 Å². The fourth-order valence-electron chi connectivity index (χ4n) is 4.02. The van der Waals surface area contributed by atoms with E-state index in [-0.39, 0.29) is 17.9 Å². The predicted molar refractivity (Wildman–Crippen MR) is 124 cm³/mol. The molecule has 0 unspecified atom stereocenters. The minimum absolute atomic E-state index is 0.0135. The monoisotopic (exact) mass is 430 g/mol. The van der Waals surface area contributed by atoms with Crippen LogP contribution in [0, 0.1) is 12.8 Å². The molecule has 1 amide bonds. The number of aromatic nitrogens is 2. The quantitative estimate of drug-likeness (QED) is 0.589. The van der Waals surface area contributed by atoms with Gasteiger partial charge in [0.05, 0.1) is 11.7 Å². The van der Waals surface area contributed by atoms with Crippen molar-refractivity contribution in [1.82, 2.24) is 20.2 Å². The summed E-state index contributed by atoms with van der Waals surface area (Å²) in [6, 6.07) is 19.5. The number of ether oxygens (including phenoxy) is 1. The molecule has 1 fully saturated rings. The van der Waals surface area contributed by atoms with Crippen LogP contribution >= 0.6 is 0 Å². The highest BCUT2D eigenvalue weighted by atomic mass is 16.5. The molecule has 1 saturated heterocycles. The van der Waals surface area contributed by atoms with Crippen LogP contribution in [0.4, 0.5) is 0 Å². The summed E-state index contributed by atoms with van der Waals surface area (Å²) in [4.78, 5) is 24.2. The zero-order chi connectivity index (χ0) is 22.2. The van der Waals surface area contributed by atoms with Crippen molar-refractivity contribution in [2.45, 2.75) is 25.8 Å². The van der Waals surface area contributed by atoms with Gasteiger partial charge in [0.2, 0.25) is 11.8 Å². The lowest BCUT2D eigenvalue weighted by Gasteiger charge is -2.32. The van der Waals surface area contributed by atoms with Crippen molar-refractivity contribution < 1.29 is 9.53 Å². The zero-order valence-electron chi connectivity index (χ0n) is 18.5. The highest BCUT2D eigenvalue weighted by Crippen LogP contribution is 2.24. The van der Waals surface area contributed by atoms with E-state index in [9.17, 15) is 4.79 Å². The zero-order valence-corrected chi connectivity index (χ0v) is 18.5. The highest BCUT2D eigenvalue weighted by molar-refractivity contribution is 5.79.